The number of carbonyl (C=O) groups is 1. The van der Waals surface area contributed by atoms with E-state index in [9.17, 15) is 9.90 Å². The van der Waals surface area contributed by atoms with Crippen LogP contribution in [0.25, 0.3) is 0 Å². The highest BCUT2D eigenvalue weighted by molar-refractivity contribution is 5.93. The molecule has 0 amide bonds. The molecule has 3 rings (SSSR count). The number of fused-ring (bicyclic) bond motifs is 1. The van der Waals surface area contributed by atoms with Gasteiger partial charge in [-0.05, 0) is 31.0 Å². The van der Waals surface area contributed by atoms with E-state index in [0.29, 0.717) is 16.9 Å². The second-order valence-electron chi connectivity index (χ2n) is 4.92. The van der Waals surface area contributed by atoms with Crippen molar-refractivity contribution in [1.29, 1.82) is 0 Å². The number of esters is 1. The van der Waals surface area contributed by atoms with E-state index in [2.05, 4.69) is 0 Å². The zero-order valence-corrected chi connectivity index (χ0v) is 10.8. The SMILES string of the molecule is Cc1cc(C)c2c(c1)C(O)(c1ccccc1)C(=O)O2. The van der Waals surface area contributed by atoms with E-state index in [1.807, 2.05) is 26.0 Å². The molecule has 1 atom stereocenters. The topological polar surface area (TPSA) is 46.5 Å². The maximum Gasteiger partial charge on any atom is 0.353 e. The lowest BCUT2D eigenvalue weighted by atomic mass is 9.86. The summed E-state index contributed by atoms with van der Waals surface area (Å²) in [6.07, 6.45) is 0. The summed E-state index contributed by atoms with van der Waals surface area (Å²) in [6.45, 7) is 3.80. The third-order valence-corrected chi connectivity index (χ3v) is 3.49. The molecule has 0 aliphatic carbocycles. The molecule has 3 heteroatoms. The number of hydrogen-bond donors (Lipinski definition) is 1. The molecule has 2 aromatic carbocycles. The van der Waals surface area contributed by atoms with Gasteiger partial charge < -0.3 is 9.84 Å². The predicted octanol–water partition coefficient (Wildman–Crippen LogP) is 2.46. The van der Waals surface area contributed by atoms with E-state index < -0.39 is 11.6 Å². The Morgan fingerprint density at radius 2 is 1.79 bits per heavy atom. The summed E-state index contributed by atoms with van der Waals surface area (Å²) in [5.74, 6) is -0.163. The Morgan fingerprint density at radius 3 is 2.47 bits per heavy atom. The molecule has 1 N–H and O–H groups in total. The fourth-order valence-electron chi connectivity index (χ4n) is 2.59. The maximum atomic E-state index is 12.1. The van der Waals surface area contributed by atoms with Gasteiger partial charge in [0.05, 0.1) is 0 Å². The Hall–Kier alpha value is -2.13. The smallest absolute Gasteiger partial charge is 0.353 e. The van der Waals surface area contributed by atoms with Crippen molar-refractivity contribution in [1.82, 2.24) is 0 Å². The number of carbonyl (C=O) groups excluding carboxylic acids is 1. The van der Waals surface area contributed by atoms with E-state index in [4.69, 9.17) is 4.74 Å². The molecular weight excluding hydrogens is 240 g/mol. The molecule has 19 heavy (non-hydrogen) atoms. The summed E-state index contributed by atoms with van der Waals surface area (Å²) in [5.41, 5.74) is 1.21. The summed E-state index contributed by atoms with van der Waals surface area (Å²) in [7, 11) is 0. The van der Waals surface area contributed by atoms with Gasteiger partial charge in [0.25, 0.3) is 0 Å². The standard InChI is InChI=1S/C16H14O3/c1-10-8-11(2)14-13(9-10)16(18,15(17)19-14)12-6-4-3-5-7-12/h3-9,18H,1-2H3. The molecule has 0 saturated heterocycles. The van der Waals surface area contributed by atoms with Crippen LogP contribution in [-0.4, -0.2) is 11.1 Å². The third-order valence-electron chi connectivity index (χ3n) is 3.49. The van der Waals surface area contributed by atoms with Gasteiger partial charge in [-0.3, -0.25) is 0 Å². The molecule has 96 valence electrons. The largest absolute Gasteiger partial charge is 0.423 e. The first-order chi connectivity index (χ1) is 9.03. The Morgan fingerprint density at radius 1 is 1.11 bits per heavy atom. The minimum Gasteiger partial charge on any atom is -0.423 e. The second-order valence-corrected chi connectivity index (χ2v) is 4.92. The average Bonchev–Trinajstić information content (AvgIpc) is 2.66. The molecule has 0 bridgehead atoms. The highest BCUT2D eigenvalue weighted by Gasteiger charge is 2.49. The van der Waals surface area contributed by atoms with Crippen LogP contribution in [0.5, 0.6) is 5.75 Å². The Kier molecular flexibility index (Phi) is 2.47. The Bertz CT molecular complexity index is 661. The molecule has 1 heterocycles. The summed E-state index contributed by atoms with van der Waals surface area (Å²) in [4.78, 5) is 12.1. The zero-order chi connectivity index (χ0) is 13.6. The molecule has 0 saturated carbocycles. The van der Waals surface area contributed by atoms with Crippen LogP contribution >= 0.6 is 0 Å². The molecule has 0 fully saturated rings. The number of rotatable bonds is 1. The van der Waals surface area contributed by atoms with E-state index in [-0.39, 0.29) is 0 Å². The normalized spacial score (nSPS) is 21.1. The van der Waals surface area contributed by atoms with E-state index in [1.54, 1.807) is 30.3 Å². The molecule has 2 aromatic rings. The van der Waals surface area contributed by atoms with Crippen molar-refractivity contribution in [3.05, 3.63) is 64.7 Å². The van der Waals surface area contributed by atoms with Crippen molar-refractivity contribution in [3.8, 4) is 5.75 Å². The first kappa shape index (κ1) is 11.9. The summed E-state index contributed by atoms with van der Waals surface area (Å²) in [6, 6.07) is 12.6. The first-order valence-electron chi connectivity index (χ1n) is 6.15. The molecule has 0 aromatic heterocycles. The fraction of sp³-hybridized carbons (Fsp3) is 0.188. The van der Waals surface area contributed by atoms with Crippen LogP contribution in [0.3, 0.4) is 0 Å². The first-order valence-corrected chi connectivity index (χ1v) is 6.15. The number of aliphatic hydroxyl groups is 1. The van der Waals surface area contributed by atoms with Crippen LogP contribution in [0.1, 0.15) is 22.3 Å². The average molecular weight is 254 g/mol. The highest BCUT2D eigenvalue weighted by atomic mass is 16.6. The van der Waals surface area contributed by atoms with Gasteiger partial charge in [0.15, 0.2) is 0 Å². The van der Waals surface area contributed by atoms with Crippen LogP contribution < -0.4 is 4.74 Å². The van der Waals surface area contributed by atoms with Gasteiger partial charge in [-0.25, -0.2) is 4.79 Å². The number of aryl methyl sites for hydroxylation is 2. The number of ether oxygens (including phenoxy) is 1. The Balaban J connectivity index is 2.28. The monoisotopic (exact) mass is 254 g/mol. The molecule has 0 spiro atoms. The van der Waals surface area contributed by atoms with Gasteiger partial charge in [0.2, 0.25) is 5.60 Å². The van der Waals surface area contributed by atoms with Crippen molar-refractivity contribution in [2.45, 2.75) is 19.4 Å². The van der Waals surface area contributed by atoms with Crippen molar-refractivity contribution >= 4 is 5.97 Å². The number of hydrogen-bond acceptors (Lipinski definition) is 3. The minimum absolute atomic E-state index is 0.474. The van der Waals surface area contributed by atoms with Crippen LogP contribution in [0, 0.1) is 13.8 Å². The van der Waals surface area contributed by atoms with Crippen molar-refractivity contribution in [3.63, 3.8) is 0 Å². The van der Waals surface area contributed by atoms with Crippen LogP contribution in [0.2, 0.25) is 0 Å². The lowest BCUT2D eigenvalue weighted by Crippen LogP contribution is -2.34. The van der Waals surface area contributed by atoms with Crippen LogP contribution in [0.4, 0.5) is 0 Å². The number of benzene rings is 2. The molecule has 0 radical (unpaired) electrons. The van der Waals surface area contributed by atoms with Gasteiger partial charge in [0.1, 0.15) is 5.75 Å². The van der Waals surface area contributed by atoms with Gasteiger partial charge in [-0.15, -0.1) is 0 Å². The van der Waals surface area contributed by atoms with Gasteiger partial charge in [-0.2, -0.15) is 0 Å². The quantitative estimate of drug-likeness (QED) is 0.628. The van der Waals surface area contributed by atoms with Crippen molar-refractivity contribution in [2.75, 3.05) is 0 Å². The van der Waals surface area contributed by atoms with Crippen molar-refractivity contribution < 1.29 is 14.6 Å². The van der Waals surface area contributed by atoms with Gasteiger partial charge in [0, 0.05) is 5.56 Å². The predicted molar refractivity (Wildman–Crippen MR) is 71.0 cm³/mol. The molecular formula is C16H14O3. The van der Waals surface area contributed by atoms with E-state index in [0.717, 1.165) is 11.1 Å². The highest BCUT2D eigenvalue weighted by Crippen LogP contribution is 2.44. The summed E-state index contributed by atoms with van der Waals surface area (Å²) >= 11 is 0. The van der Waals surface area contributed by atoms with Gasteiger partial charge in [-0.1, -0.05) is 42.0 Å². The Labute approximate surface area is 111 Å². The molecule has 1 unspecified atom stereocenters. The lowest BCUT2D eigenvalue weighted by Gasteiger charge is -2.20. The molecule has 3 nitrogen and oxygen atoms in total. The summed E-state index contributed by atoms with van der Waals surface area (Å²) < 4.78 is 5.27. The third kappa shape index (κ3) is 1.59. The fourth-order valence-corrected chi connectivity index (χ4v) is 2.59. The maximum absolute atomic E-state index is 12.1. The molecule has 1 aliphatic rings. The summed E-state index contributed by atoms with van der Waals surface area (Å²) in [5, 5.41) is 10.9. The van der Waals surface area contributed by atoms with E-state index in [1.165, 1.54) is 0 Å². The van der Waals surface area contributed by atoms with Crippen LogP contribution in [0.15, 0.2) is 42.5 Å². The zero-order valence-electron chi connectivity index (χ0n) is 10.8. The molecule has 1 aliphatic heterocycles. The van der Waals surface area contributed by atoms with Crippen molar-refractivity contribution in [2.24, 2.45) is 0 Å². The van der Waals surface area contributed by atoms with E-state index >= 15 is 0 Å². The lowest BCUT2D eigenvalue weighted by molar-refractivity contribution is -0.147. The minimum atomic E-state index is -1.70. The van der Waals surface area contributed by atoms with Crippen LogP contribution in [-0.2, 0) is 10.4 Å². The van der Waals surface area contributed by atoms with Gasteiger partial charge >= 0.3 is 5.97 Å². The second kappa shape index (κ2) is 3.93.